The van der Waals surface area contributed by atoms with E-state index in [0.717, 1.165) is 16.3 Å². The normalized spacial score (nSPS) is 30.1. The SMILES string of the molecule is Cc1ccc(S(=O)(=O)N2C[C@H]3C[C@H]3[C@@H]2C(=O)O)cc1. The molecule has 0 radical (unpaired) electrons. The van der Waals surface area contributed by atoms with Gasteiger partial charge in [0.15, 0.2) is 0 Å². The molecule has 0 spiro atoms. The highest BCUT2D eigenvalue weighted by atomic mass is 32.2. The van der Waals surface area contributed by atoms with E-state index in [1.165, 1.54) is 12.1 Å². The maximum absolute atomic E-state index is 12.5. The van der Waals surface area contributed by atoms with Crippen molar-refractivity contribution in [2.24, 2.45) is 11.8 Å². The average molecular weight is 281 g/mol. The van der Waals surface area contributed by atoms with Crippen LogP contribution in [-0.4, -0.2) is 36.4 Å². The Balaban J connectivity index is 1.96. The number of sulfonamides is 1. The third-order valence-corrected chi connectivity index (χ3v) is 5.85. The van der Waals surface area contributed by atoms with Gasteiger partial charge in [0.1, 0.15) is 6.04 Å². The molecule has 19 heavy (non-hydrogen) atoms. The first-order valence-corrected chi connectivity index (χ1v) is 7.66. The second kappa shape index (κ2) is 4.05. The molecular formula is C13H15NO4S. The molecule has 1 aromatic carbocycles. The molecule has 2 aliphatic rings. The molecule has 102 valence electrons. The number of carboxylic acid groups (broad SMARTS) is 1. The number of aliphatic carboxylic acids is 1. The van der Waals surface area contributed by atoms with Gasteiger partial charge in [0.2, 0.25) is 10.0 Å². The zero-order chi connectivity index (χ0) is 13.8. The van der Waals surface area contributed by atoms with Crippen LogP contribution in [-0.2, 0) is 14.8 Å². The molecule has 1 aliphatic heterocycles. The molecule has 1 heterocycles. The average Bonchev–Trinajstić information content (AvgIpc) is 2.99. The van der Waals surface area contributed by atoms with E-state index >= 15 is 0 Å². The highest BCUT2D eigenvalue weighted by Gasteiger charge is 2.59. The zero-order valence-electron chi connectivity index (χ0n) is 10.5. The number of hydrogen-bond acceptors (Lipinski definition) is 3. The van der Waals surface area contributed by atoms with Crippen LogP contribution in [0.3, 0.4) is 0 Å². The highest BCUT2D eigenvalue weighted by molar-refractivity contribution is 7.89. The van der Waals surface area contributed by atoms with Crippen LogP contribution in [0, 0.1) is 18.8 Å². The molecule has 1 aromatic rings. The number of carboxylic acids is 1. The van der Waals surface area contributed by atoms with Gasteiger partial charge in [-0.1, -0.05) is 17.7 Å². The lowest BCUT2D eigenvalue weighted by Gasteiger charge is -2.23. The minimum atomic E-state index is -3.70. The van der Waals surface area contributed by atoms with Crippen molar-refractivity contribution in [3.8, 4) is 0 Å². The van der Waals surface area contributed by atoms with Crippen molar-refractivity contribution in [1.29, 1.82) is 0 Å². The van der Waals surface area contributed by atoms with Gasteiger partial charge in [-0.15, -0.1) is 0 Å². The summed E-state index contributed by atoms with van der Waals surface area (Å²) in [5, 5.41) is 9.23. The maximum atomic E-state index is 12.5. The van der Waals surface area contributed by atoms with Gasteiger partial charge in [-0.2, -0.15) is 4.31 Å². The van der Waals surface area contributed by atoms with Gasteiger partial charge in [0.25, 0.3) is 0 Å². The van der Waals surface area contributed by atoms with Gasteiger partial charge in [-0.3, -0.25) is 4.79 Å². The van der Waals surface area contributed by atoms with Crippen molar-refractivity contribution >= 4 is 16.0 Å². The Bertz CT molecular complexity index is 623. The molecule has 5 nitrogen and oxygen atoms in total. The van der Waals surface area contributed by atoms with Crippen LogP contribution in [0.15, 0.2) is 29.2 Å². The molecule has 1 saturated heterocycles. The summed E-state index contributed by atoms with van der Waals surface area (Å²) >= 11 is 0. The number of carbonyl (C=O) groups is 1. The number of rotatable bonds is 3. The van der Waals surface area contributed by atoms with Crippen molar-refractivity contribution in [3.05, 3.63) is 29.8 Å². The van der Waals surface area contributed by atoms with Gasteiger partial charge in [-0.25, -0.2) is 8.42 Å². The van der Waals surface area contributed by atoms with E-state index in [-0.39, 0.29) is 16.7 Å². The molecule has 1 saturated carbocycles. The van der Waals surface area contributed by atoms with Crippen molar-refractivity contribution in [3.63, 3.8) is 0 Å². The molecule has 2 fully saturated rings. The lowest BCUT2D eigenvalue weighted by Crippen LogP contribution is -2.43. The van der Waals surface area contributed by atoms with E-state index in [0.29, 0.717) is 6.54 Å². The van der Waals surface area contributed by atoms with Crippen molar-refractivity contribution in [2.45, 2.75) is 24.3 Å². The smallest absolute Gasteiger partial charge is 0.322 e. The number of benzene rings is 1. The molecule has 6 heteroatoms. The van der Waals surface area contributed by atoms with Crippen molar-refractivity contribution in [2.75, 3.05) is 6.54 Å². The highest BCUT2D eigenvalue weighted by Crippen LogP contribution is 2.51. The van der Waals surface area contributed by atoms with Crippen molar-refractivity contribution in [1.82, 2.24) is 4.31 Å². The topological polar surface area (TPSA) is 74.7 Å². The fourth-order valence-corrected chi connectivity index (χ4v) is 4.51. The Morgan fingerprint density at radius 2 is 1.95 bits per heavy atom. The fraction of sp³-hybridized carbons (Fsp3) is 0.462. The number of piperidine rings is 1. The predicted molar refractivity (Wildman–Crippen MR) is 68.1 cm³/mol. The molecule has 0 bridgehead atoms. The summed E-state index contributed by atoms with van der Waals surface area (Å²) in [5.74, 6) is -0.820. The van der Waals surface area contributed by atoms with Crippen LogP contribution >= 0.6 is 0 Å². The third kappa shape index (κ3) is 1.95. The van der Waals surface area contributed by atoms with Gasteiger partial charge in [0.05, 0.1) is 4.90 Å². The first-order chi connectivity index (χ1) is 8.91. The minimum absolute atomic E-state index is 0.00211. The van der Waals surface area contributed by atoms with Crippen LogP contribution in [0.25, 0.3) is 0 Å². The second-order valence-electron chi connectivity index (χ2n) is 5.33. The molecule has 0 aromatic heterocycles. The van der Waals surface area contributed by atoms with Gasteiger partial charge in [0, 0.05) is 6.54 Å². The third-order valence-electron chi connectivity index (χ3n) is 3.99. The molecule has 3 atom stereocenters. The summed E-state index contributed by atoms with van der Waals surface area (Å²) in [6.07, 6.45) is 0.830. The van der Waals surface area contributed by atoms with E-state index < -0.39 is 22.0 Å². The van der Waals surface area contributed by atoms with Gasteiger partial charge < -0.3 is 5.11 Å². The summed E-state index contributed by atoms with van der Waals surface area (Å²) in [7, 11) is -3.70. The number of aryl methyl sites for hydroxylation is 1. The van der Waals surface area contributed by atoms with Crippen LogP contribution in [0.1, 0.15) is 12.0 Å². The predicted octanol–water partition coefficient (Wildman–Crippen LogP) is 1.09. The Hall–Kier alpha value is -1.40. The number of nitrogens with zero attached hydrogens (tertiary/aromatic N) is 1. The minimum Gasteiger partial charge on any atom is -0.480 e. The zero-order valence-corrected chi connectivity index (χ0v) is 11.3. The Labute approximate surface area is 111 Å². The Morgan fingerprint density at radius 3 is 2.53 bits per heavy atom. The monoisotopic (exact) mass is 281 g/mol. The summed E-state index contributed by atoms with van der Waals surface area (Å²) in [5.41, 5.74) is 0.970. The van der Waals surface area contributed by atoms with E-state index in [1.807, 2.05) is 6.92 Å². The van der Waals surface area contributed by atoms with E-state index in [9.17, 15) is 18.3 Å². The summed E-state index contributed by atoms with van der Waals surface area (Å²) in [6, 6.07) is 5.62. The fourth-order valence-electron chi connectivity index (χ4n) is 2.83. The standard InChI is InChI=1S/C13H15NO4S/c1-8-2-4-10(5-3-8)19(17,18)14-7-9-6-11(9)12(14)13(15)16/h2-5,9,11-12H,6-7H2,1H3,(H,15,16)/t9-,11-,12-/m1/s1. The van der Waals surface area contributed by atoms with Gasteiger partial charge >= 0.3 is 5.97 Å². The quantitative estimate of drug-likeness (QED) is 0.900. The van der Waals surface area contributed by atoms with Crippen LogP contribution in [0.2, 0.25) is 0 Å². The van der Waals surface area contributed by atoms with E-state index in [2.05, 4.69) is 0 Å². The first kappa shape index (κ1) is 12.6. The molecule has 1 N–H and O–H groups in total. The van der Waals surface area contributed by atoms with Crippen LogP contribution in [0.5, 0.6) is 0 Å². The lowest BCUT2D eigenvalue weighted by molar-refractivity contribution is -0.141. The molecule has 0 unspecified atom stereocenters. The Kier molecular flexibility index (Phi) is 2.69. The van der Waals surface area contributed by atoms with E-state index in [1.54, 1.807) is 12.1 Å². The Morgan fingerprint density at radius 1 is 1.32 bits per heavy atom. The molecular weight excluding hydrogens is 266 g/mol. The molecule has 1 aliphatic carbocycles. The first-order valence-electron chi connectivity index (χ1n) is 6.22. The second-order valence-corrected chi connectivity index (χ2v) is 7.22. The van der Waals surface area contributed by atoms with Crippen LogP contribution in [0.4, 0.5) is 0 Å². The maximum Gasteiger partial charge on any atom is 0.322 e. The van der Waals surface area contributed by atoms with Gasteiger partial charge in [-0.05, 0) is 37.3 Å². The van der Waals surface area contributed by atoms with E-state index in [4.69, 9.17) is 0 Å². The number of hydrogen-bond donors (Lipinski definition) is 1. The molecule has 0 amide bonds. The number of fused-ring (bicyclic) bond motifs is 1. The largest absolute Gasteiger partial charge is 0.480 e. The lowest BCUT2D eigenvalue weighted by atomic mass is 10.2. The summed E-state index contributed by atoms with van der Waals surface area (Å²) < 4.78 is 26.1. The molecule has 3 rings (SSSR count). The van der Waals surface area contributed by atoms with Crippen LogP contribution < -0.4 is 0 Å². The summed E-state index contributed by atoms with van der Waals surface area (Å²) in [4.78, 5) is 11.4. The van der Waals surface area contributed by atoms with Crippen molar-refractivity contribution < 1.29 is 18.3 Å². The summed E-state index contributed by atoms with van der Waals surface area (Å²) in [6.45, 7) is 2.21.